The first-order chi connectivity index (χ1) is 7.35. The standard InChI is InChI=1S/C14H18O/c1-15-14-11-6-9-4-2-8-3-5-10(7-12(11)14)13(8,9)14/h6,8,10-12H,2-5,7H2,1H3/t8-,10+,11?,12?,13-,14-/m1/s1. The molecule has 4 fully saturated rings. The first-order valence-corrected chi connectivity index (χ1v) is 6.62. The largest absolute Gasteiger partial charge is 0.376 e. The molecule has 0 amide bonds. The molecular formula is C14H18O. The normalized spacial score (nSPS) is 66.9. The zero-order valence-corrected chi connectivity index (χ0v) is 9.33. The first-order valence-electron chi connectivity index (χ1n) is 6.62. The van der Waals surface area contributed by atoms with Crippen molar-refractivity contribution in [3.8, 4) is 0 Å². The highest BCUT2D eigenvalue weighted by molar-refractivity contribution is 5.51. The summed E-state index contributed by atoms with van der Waals surface area (Å²) >= 11 is 0. The number of hydrogen-bond donors (Lipinski definition) is 0. The summed E-state index contributed by atoms with van der Waals surface area (Å²) in [6, 6.07) is 0. The summed E-state index contributed by atoms with van der Waals surface area (Å²) in [6.45, 7) is 0. The Morgan fingerprint density at radius 1 is 1.27 bits per heavy atom. The second-order valence-electron chi connectivity index (χ2n) is 6.44. The van der Waals surface area contributed by atoms with E-state index >= 15 is 0 Å². The van der Waals surface area contributed by atoms with Crippen molar-refractivity contribution in [2.45, 2.75) is 37.7 Å². The Morgan fingerprint density at radius 2 is 2.13 bits per heavy atom. The van der Waals surface area contributed by atoms with Crippen LogP contribution in [0.4, 0.5) is 0 Å². The Balaban J connectivity index is 1.82. The zero-order valence-electron chi connectivity index (χ0n) is 9.33. The molecule has 0 saturated heterocycles. The molecular weight excluding hydrogens is 184 g/mol. The van der Waals surface area contributed by atoms with Crippen LogP contribution in [-0.4, -0.2) is 12.7 Å². The van der Waals surface area contributed by atoms with Crippen molar-refractivity contribution in [1.82, 2.24) is 0 Å². The van der Waals surface area contributed by atoms with Gasteiger partial charge in [-0.1, -0.05) is 11.6 Å². The Hall–Kier alpha value is -0.300. The number of rotatable bonds is 1. The molecule has 0 aromatic rings. The molecule has 5 aliphatic carbocycles. The van der Waals surface area contributed by atoms with Crippen LogP contribution in [-0.2, 0) is 4.74 Å². The SMILES string of the molecule is CO[C@]12C3C=C4CC[C@@H]5CC[C@@H](CC31)[C@]452. The lowest BCUT2D eigenvalue weighted by Crippen LogP contribution is -2.40. The molecule has 0 aromatic heterocycles. The molecule has 0 heterocycles. The minimum absolute atomic E-state index is 0.324. The maximum absolute atomic E-state index is 6.09. The van der Waals surface area contributed by atoms with E-state index in [1.807, 2.05) is 12.7 Å². The van der Waals surface area contributed by atoms with E-state index in [1.165, 1.54) is 32.1 Å². The van der Waals surface area contributed by atoms with E-state index in [-0.39, 0.29) is 0 Å². The van der Waals surface area contributed by atoms with Crippen molar-refractivity contribution in [2.75, 3.05) is 7.11 Å². The summed E-state index contributed by atoms with van der Waals surface area (Å²) in [6.07, 6.45) is 9.97. The summed E-state index contributed by atoms with van der Waals surface area (Å²) in [7, 11) is 1.98. The van der Waals surface area contributed by atoms with Gasteiger partial charge in [-0.2, -0.15) is 0 Å². The number of ether oxygens (including phenoxy) is 1. The Bertz CT molecular complexity index is 390. The van der Waals surface area contributed by atoms with Crippen molar-refractivity contribution in [1.29, 1.82) is 0 Å². The molecule has 0 aromatic carbocycles. The van der Waals surface area contributed by atoms with Gasteiger partial charge in [-0.15, -0.1) is 0 Å². The lowest BCUT2D eigenvalue weighted by Gasteiger charge is -2.38. The van der Waals surface area contributed by atoms with Crippen molar-refractivity contribution >= 4 is 0 Å². The third-order valence-electron chi connectivity index (χ3n) is 6.72. The van der Waals surface area contributed by atoms with Gasteiger partial charge in [-0.25, -0.2) is 0 Å². The van der Waals surface area contributed by atoms with E-state index in [4.69, 9.17) is 4.74 Å². The van der Waals surface area contributed by atoms with Crippen molar-refractivity contribution in [3.63, 3.8) is 0 Å². The third kappa shape index (κ3) is 0.493. The molecule has 0 radical (unpaired) electrons. The van der Waals surface area contributed by atoms with Crippen LogP contribution >= 0.6 is 0 Å². The molecule has 1 heteroatoms. The minimum atomic E-state index is 0.324. The fourth-order valence-corrected chi connectivity index (χ4v) is 6.62. The van der Waals surface area contributed by atoms with Gasteiger partial charge in [-0.3, -0.25) is 0 Å². The van der Waals surface area contributed by atoms with Gasteiger partial charge in [0.15, 0.2) is 0 Å². The average Bonchev–Trinajstić information content (AvgIpc) is 2.60. The summed E-state index contributed by atoms with van der Waals surface area (Å²) in [4.78, 5) is 0. The molecule has 5 rings (SSSR count). The molecule has 0 aliphatic heterocycles. The fourth-order valence-electron chi connectivity index (χ4n) is 6.62. The minimum Gasteiger partial charge on any atom is -0.376 e. The zero-order chi connectivity index (χ0) is 9.84. The second-order valence-corrected chi connectivity index (χ2v) is 6.44. The summed E-state index contributed by atoms with van der Waals surface area (Å²) in [5.74, 6) is 3.73. The van der Waals surface area contributed by atoms with Crippen LogP contribution in [0.15, 0.2) is 11.6 Å². The highest BCUT2D eigenvalue weighted by Crippen LogP contribution is 2.86. The van der Waals surface area contributed by atoms with E-state index in [2.05, 4.69) is 6.08 Å². The fraction of sp³-hybridized carbons (Fsp3) is 0.857. The number of hydrogen-bond acceptors (Lipinski definition) is 1. The molecule has 5 aliphatic rings. The second kappa shape index (κ2) is 1.95. The van der Waals surface area contributed by atoms with E-state index in [9.17, 15) is 0 Å². The van der Waals surface area contributed by atoms with Crippen LogP contribution in [0.5, 0.6) is 0 Å². The first kappa shape index (κ1) is 7.89. The third-order valence-corrected chi connectivity index (χ3v) is 6.72. The molecule has 0 N–H and O–H groups in total. The smallest absolute Gasteiger partial charge is 0.0877 e. The molecule has 1 spiro atoms. The maximum Gasteiger partial charge on any atom is 0.0877 e. The molecule has 6 atom stereocenters. The van der Waals surface area contributed by atoms with E-state index in [0.717, 1.165) is 23.7 Å². The lowest BCUT2D eigenvalue weighted by molar-refractivity contribution is -0.0324. The molecule has 15 heavy (non-hydrogen) atoms. The van der Waals surface area contributed by atoms with Crippen molar-refractivity contribution < 1.29 is 4.74 Å². The van der Waals surface area contributed by atoms with E-state index < -0.39 is 0 Å². The van der Waals surface area contributed by atoms with Crippen LogP contribution in [0.3, 0.4) is 0 Å². The van der Waals surface area contributed by atoms with Crippen LogP contribution in [0.2, 0.25) is 0 Å². The van der Waals surface area contributed by atoms with Crippen LogP contribution in [0.1, 0.15) is 32.1 Å². The van der Waals surface area contributed by atoms with Gasteiger partial charge in [0, 0.05) is 18.4 Å². The van der Waals surface area contributed by atoms with Gasteiger partial charge in [-0.05, 0) is 49.9 Å². The Labute approximate surface area is 90.9 Å². The topological polar surface area (TPSA) is 9.23 Å². The summed E-state index contributed by atoms with van der Waals surface area (Å²) < 4.78 is 6.09. The molecule has 2 unspecified atom stereocenters. The molecule has 0 bridgehead atoms. The molecule has 80 valence electrons. The van der Waals surface area contributed by atoms with Crippen LogP contribution in [0, 0.1) is 29.1 Å². The average molecular weight is 202 g/mol. The molecule has 4 saturated carbocycles. The molecule has 1 nitrogen and oxygen atoms in total. The highest BCUT2D eigenvalue weighted by atomic mass is 16.5. The van der Waals surface area contributed by atoms with Gasteiger partial charge in [0.2, 0.25) is 0 Å². The summed E-state index contributed by atoms with van der Waals surface area (Å²) in [5, 5.41) is 0. The predicted octanol–water partition coefficient (Wildman–Crippen LogP) is 2.77. The van der Waals surface area contributed by atoms with E-state index in [0.29, 0.717) is 11.0 Å². The Morgan fingerprint density at radius 3 is 3.00 bits per heavy atom. The Kier molecular flexibility index (Phi) is 1.02. The van der Waals surface area contributed by atoms with Gasteiger partial charge >= 0.3 is 0 Å². The van der Waals surface area contributed by atoms with Gasteiger partial charge in [0.05, 0.1) is 5.60 Å². The van der Waals surface area contributed by atoms with Crippen LogP contribution in [0.25, 0.3) is 0 Å². The maximum atomic E-state index is 6.09. The quantitative estimate of drug-likeness (QED) is 0.594. The number of methoxy groups -OCH3 is 1. The van der Waals surface area contributed by atoms with Crippen LogP contribution < -0.4 is 0 Å². The van der Waals surface area contributed by atoms with E-state index in [1.54, 1.807) is 0 Å². The van der Waals surface area contributed by atoms with Crippen molar-refractivity contribution in [3.05, 3.63) is 11.6 Å². The summed E-state index contributed by atoms with van der Waals surface area (Å²) in [5.41, 5.74) is 2.72. The lowest BCUT2D eigenvalue weighted by atomic mass is 9.70. The predicted molar refractivity (Wildman–Crippen MR) is 57.3 cm³/mol. The van der Waals surface area contributed by atoms with Gasteiger partial charge in [0.25, 0.3) is 0 Å². The van der Waals surface area contributed by atoms with Gasteiger partial charge in [0.1, 0.15) is 0 Å². The van der Waals surface area contributed by atoms with Crippen molar-refractivity contribution in [2.24, 2.45) is 29.1 Å². The highest BCUT2D eigenvalue weighted by Gasteiger charge is 2.87. The monoisotopic (exact) mass is 202 g/mol. The number of fused-ring (bicyclic) bond motifs is 1. The van der Waals surface area contributed by atoms with Gasteiger partial charge < -0.3 is 4.74 Å².